The first-order valence-electron chi connectivity index (χ1n) is 12.8. The number of H-pyrrole nitrogens is 1. The molecule has 0 spiro atoms. The fourth-order valence-corrected chi connectivity index (χ4v) is 4.94. The number of benzene rings is 3. The molecule has 5 rings (SSSR count). The number of aromatic hydroxyl groups is 1. The lowest BCUT2D eigenvalue weighted by atomic mass is 10.0. The molecule has 2 heterocycles. The van der Waals surface area contributed by atoms with Crippen LogP contribution >= 0.6 is 11.6 Å². The number of nitrogens with zero attached hydrogens (tertiary/aromatic N) is 4. The number of halogens is 1. The third-order valence-electron chi connectivity index (χ3n) is 7.11. The molecule has 1 aliphatic heterocycles. The van der Waals surface area contributed by atoms with E-state index < -0.39 is 0 Å². The summed E-state index contributed by atoms with van der Waals surface area (Å²) >= 11 is 6.17. The van der Waals surface area contributed by atoms with Crippen molar-refractivity contribution in [1.29, 1.82) is 0 Å². The Morgan fingerprint density at radius 2 is 1.74 bits per heavy atom. The van der Waals surface area contributed by atoms with Gasteiger partial charge in [0.25, 0.3) is 0 Å². The molecular formula is C30H32ClN5O2. The summed E-state index contributed by atoms with van der Waals surface area (Å²) in [5.41, 5.74) is 4.40. The van der Waals surface area contributed by atoms with Gasteiger partial charge in [0.15, 0.2) is 5.88 Å². The SMILES string of the molecule is CN1CCN(CCC(=O)N(C)c2ccc(N=C(c3ccccc3)c3c(O)[nH]c4cc(Cl)ccc34)cc2)CC1. The van der Waals surface area contributed by atoms with Crippen LogP contribution in [-0.4, -0.2) is 78.3 Å². The number of aromatic amines is 1. The summed E-state index contributed by atoms with van der Waals surface area (Å²) < 4.78 is 0. The number of piperazine rings is 1. The minimum atomic E-state index is 0.0344. The second kappa shape index (κ2) is 11.4. The van der Waals surface area contributed by atoms with E-state index in [4.69, 9.17) is 16.6 Å². The molecule has 0 saturated carbocycles. The van der Waals surface area contributed by atoms with Gasteiger partial charge in [0.1, 0.15) is 0 Å². The normalized spacial score (nSPS) is 15.2. The van der Waals surface area contributed by atoms with E-state index >= 15 is 0 Å². The van der Waals surface area contributed by atoms with E-state index in [1.54, 1.807) is 17.0 Å². The molecular weight excluding hydrogens is 498 g/mol. The molecule has 38 heavy (non-hydrogen) atoms. The Morgan fingerprint density at radius 1 is 1.03 bits per heavy atom. The van der Waals surface area contributed by atoms with Crippen molar-refractivity contribution in [3.63, 3.8) is 0 Å². The number of aliphatic imine (C=N–C) groups is 1. The number of anilines is 1. The van der Waals surface area contributed by atoms with E-state index in [1.807, 2.05) is 67.7 Å². The molecule has 0 aliphatic carbocycles. The first-order valence-corrected chi connectivity index (χ1v) is 13.2. The van der Waals surface area contributed by atoms with Crippen molar-refractivity contribution in [3.8, 4) is 5.88 Å². The zero-order chi connectivity index (χ0) is 26.6. The van der Waals surface area contributed by atoms with Gasteiger partial charge in [-0.05, 0) is 43.4 Å². The number of amides is 1. The summed E-state index contributed by atoms with van der Waals surface area (Å²) in [5.74, 6) is 0.125. The third-order valence-corrected chi connectivity index (χ3v) is 7.35. The van der Waals surface area contributed by atoms with E-state index in [-0.39, 0.29) is 11.8 Å². The summed E-state index contributed by atoms with van der Waals surface area (Å²) in [6.07, 6.45) is 0.488. The maximum absolute atomic E-state index is 12.9. The maximum Gasteiger partial charge on any atom is 0.228 e. The van der Waals surface area contributed by atoms with Gasteiger partial charge in [-0.1, -0.05) is 48.0 Å². The first-order chi connectivity index (χ1) is 18.4. The Balaban J connectivity index is 1.38. The highest BCUT2D eigenvalue weighted by Gasteiger charge is 2.20. The fraction of sp³-hybridized carbons (Fsp3) is 0.267. The number of hydrogen-bond acceptors (Lipinski definition) is 5. The summed E-state index contributed by atoms with van der Waals surface area (Å²) in [7, 11) is 3.95. The lowest BCUT2D eigenvalue weighted by molar-refractivity contribution is -0.118. The van der Waals surface area contributed by atoms with Crippen LogP contribution in [0.1, 0.15) is 17.5 Å². The molecule has 2 N–H and O–H groups in total. The number of rotatable bonds is 7. The molecule has 196 valence electrons. The molecule has 0 radical (unpaired) electrons. The van der Waals surface area contributed by atoms with Crippen molar-refractivity contribution in [2.75, 3.05) is 51.7 Å². The maximum atomic E-state index is 12.9. The van der Waals surface area contributed by atoms with Crippen LogP contribution in [0.15, 0.2) is 77.8 Å². The predicted molar refractivity (Wildman–Crippen MR) is 155 cm³/mol. The highest BCUT2D eigenvalue weighted by atomic mass is 35.5. The molecule has 4 aromatic rings. The van der Waals surface area contributed by atoms with Crippen molar-refractivity contribution in [3.05, 3.63) is 88.9 Å². The minimum Gasteiger partial charge on any atom is -0.494 e. The molecule has 1 aliphatic rings. The molecule has 0 bridgehead atoms. The van der Waals surface area contributed by atoms with Crippen LogP contribution in [0.25, 0.3) is 10.9 Å². The molecule has 3 aromatic carbocycles. The highest BCUT2D eigenvalue weighted by molar-refractivity contribution is 6.31. The molecule has 1 amide bonds. The van der Waals surface area contributed by atoms with Gasteiger partial charge >= 0.3 is 0 Å². The number of nitrogens with one attached hydrogen (secondary N) is 1. The molecule has 8 heteroatoms. The second-order valence-corrected chi connectivity index (χ2v) is 10.2. The lowest BCUT2D eigenvalue weighted by Crippen LogP contribution is -2.45. The molecule has 7 nitrogen and oxygen atoms in total. The topological polar surface area (TPSA) is 75.2 Å². The average Bonchev–Trinajstić information content (AvgIpc) is 3.26. The molecule has 1 fully saturated rings. The van der Waals surface area contributed by atoms with Crippen LogP contribution in [-0.2, 0) is 4.79 Å². The largest absolute Gasteiger partial charge is 0.494 e. The zero-order valence-electron chi connectivity index (χ0n) is 21.7. The van der Waals surface area contributed by atoms with E-state index in [0.29, 0.717) is 28.4 Å². The number of hydrogen-bond donors (Lipinski definition) is 2. The first kappa shape index (κ1) is 26.0. The smallest absolute Gasteiger partial charge is 0.228 e. The van der Waals surface area contributed by atoms with Crippen LogP contribution in [0.3, 0.4) is 0 Å². The van der Waals surface area contributed by atoms with Crippen molar-refractivity contribution in [1.82, 2.24) is 14.8 Å². The van der Waals surface area contributed by atoms with Gasteiger partial charge in [-0.15, -0.1) is 0 Å². The summed E-state index contributed by atoms with van der Waals surface area (Å²) in [6.45, 7) is 4.87. The van der Waals surface area contributed by atoms with Crippen LogP contribution in [0.5, 0.6) is 5.88 Å². The standard InChI is InChI=1S/C30H32ClN5O2/c1-34-16-18-36(19-17-34)15-14-27(37)35(2)24-11-9-23(10-12-24)32-29(21-6-4-3-5-7-21)28-25-13-8-22(31)20-26(25)33-30(28)38/h3-13,20,33,38H,14-19H2,1-2H3. The van der Waals surface area contributed by atoms with E-state index in [2.05, 4.69) is 21.8 Å². The van der Waals surface area contributed by atoms with Crippen molar-refractivity contribution < 1.29 is 9.90 Å². The van der Waals surface area contributed by atoms with Crippen molar-refractivity contribution >= 4 is 45.5 Å². The van der Waals surface area contributed by atoms with Crippen molar-refractivity contribution in [2.24, 2.45) is 4.99 Å². The third kappa shape index (κ3) is 5.75. The predicted octanol–water partition coefficient (Wildman–Crippen LogP) is 5.30. The lowest BCUT2D eigenvalue weighted by Gasteiger charge is -2.32. The monoisotopic (exact) mass is 529 g/mol. The Morgan fingerprint density at radius 3 is 2.45 bits per heavy atom. The quantitative estimate of drug-likeness (QED) is 0.319. The van der Waals surface area contributed by atoms with E-state index in [9.17, 15) is 9.90 Å². The van der Waals surface area contributed by atoms with E-state index in [1.165, 1.54) is 0 Å². The number of fused-ring (bicyclic) bond motifs is 1. The Labute approximate surface area is 228 Å². The molecule has 0 atom stereocenters. The number of carbonyl (C=O) groups excluding carboxylic acids is 1. The van der Waals surface area contributed by atoms with Gasteiger partial charge in [0.2, 0.25) is 5.91 Å². The number of likely N-dealkylation sites (N-methyl/N-ethyl adjacent to an activating group) is 1. The van der Waals surface area contributed by atoms with Crippen LogP contribution in [0.2, 0.25) is 5.02 Å². The Kier molecular flexibility index (Phi) is 7.79. The van der Waals surface area contributed by atoms with Gasteiger partial charge in [-0.3, -0.25) is 4.79 Å². The van der Waals surface area contributed by atoms with Crippen LogP contribution in [0.4, 0.5) is 11.4 Å². The summed E-state index contributed by atoms with van der Waals surface area (Å²) in [6, 6.07) is 22.8. The second-order valence-electron chi connectivity index (χ2n) is 9.73. The zero-order valence-corrected chi connectivity index (χ0v) is 22.4. The fourth-order valence-electron chi connectivity index (χ4n) is 4.77. The molecule has 1 saturated heterocycles. The minimum absolute atomic E-state index is 0.0344. The van der Waals surface area contributed by atoms with Gasteiger partial charge in [0, 0.05) is 67.9 Å². The van der Waals surface area contributed by atoms with Crippen molar-refractivity contribution in [2.45, 2.75) is 6.42 Å². The highest BCUT2D eigenvalue weighted by Crippen LogP contribution is 2.33. The average molecular weight is 530 g/mol. The van der Waals surface area contributed by atoms with Crippen LogP contribution < -0.4 is 4.90 Å². The Bertz CT molecular complexity index is 1440. The molecule has 0 unspecified atom stereocenters. The van der Waals surface area contributed by atoms with Gasteiger partial charge in [0.05, 0.1) is 22.5 Å². The summed E-state index contributed by atoms with van der Waals surface area (Å²) in [4.78, 5) is 27.2. The Hall–Kier alpha value is -3.65. The molecule has 1 aromatic heterocycles. The van der Waals surface area contributed by atoms with Gasteiger partial charge < -0.3 is 24.8 Å². The number of aromatic nitrogens is 1. The van der Waals surface area contributed by atoms with Crippen LogP contribution in [0, 0.1) is 0 Å². The van der Waals surface area contributed by atoms with E-state index in [0.717, 1.165) is 54.9 Å². The number of carbonyl (C=O) groups is 1. The van der Waals surface area contributed by atoms with Gasteiger partial charge in [-0.2, -0.15) is 0 Å². The summed E-state index contributed by atoms with van der Waals surface area (Å²) in [5, 5.41) is 12.3. The van der Waals surface area contributed by atoms with Gasteiger partial charge in [-0.25, -0.2) is 4.99 Å².